The number of hydrogen-bond donors (Lipinski definition) is 1. The first-order chi connectivity index (χ1) is 9.06. The molecule has 1 aromatic carbocycles. The van der Waals surface area contributed by atoms with Crippen LogP contribution in [0.1, 0.15) is 0 Å². The van der Waals surface area contributed by atoms with Crippen molar-refractivity contribution in [2.24, 2.45) is 0 Å². The highest BCUT2D eigenvalue weighted by Gasteiger charge is 2.12. The smallest absolute Gasteiger partial charge is 0.271 e. The first kappa shape index (κ1) is 11.6. The lowest BCUT2D eigenvalue weighted by molar-refractivity contribution is -0.384. The Morgan fingerprint density at radius 1 is 1.16 bits per heavy atom. The number of anilines is 1. The van der Waals surface area contributed by atoms with Gasteiger partial charge in [0.15, 0.2) is 5.82 Å². The number of halogens is 1. The quantitative estimate of drug-likeness (QED) is 0.318. The number of pyridine rings is 2. The van der Waals surface area contributed by atoms with Crippen LogP contribution in [0.5, 0.6) is 0 Å². The van der Waals surface area contributed by atoms with Crippen LogP contribution in [-0.2, 0) is 0 Å². The second-order valence-corrected chi connectivity index (χ2v) is 4.37. The third-order valence-corrected chi connectivity index (χ3v) is 3.04. The highest BCUT2D eigenvalue weighted by atomic mass is 35.5. The van der Waals surface area contributed by atoms with Crippen molar-refractivity contribution in [1.82, 2.24) is 9.97 Å². The molecular formula is C12H7ClN4O2. The summed E-state index contributed by atoms with van der Waals surface area (Å²) < 4.78 is 0. The molecule has 0 aliphatic rings. The van der Waals surface area contributed by atoms with E-state index in [1.54, 1.807) is 18.2 Å². The van der Waals surface area contributed by atoms with Gasteiger partial charge in [-0.2, -0.15) is 0 Å². The molecule has 0 aliphatic carbocycles. The van der Waals surface area contributed by atoms with Gasteiger partial charge in [0.05, 0.1) is 10.4 Å². The van der Waals surface area contributed by atoms with Crippen LogP contribution in [0, 0.1) is 10.1 Å². The maximum absolute atomic E-state index is 10.8. The van der Waals surface area contributed by atoms with Crippen molar-refractivity contribution >= 4 is 44.9 Å². The molecule has 7 heteroatoms. The molecule has 2 heterocycles. The van der Waals surface area contributed by atoms with Crippen LogP contribution in [-0.4, -0.2) is 14.9 Å². The SMILES string of the molecule is Nc1nc2cc([N+](=O)[O-])ccc2c2ccc(Cl)nc12. The number of aromatic nitrogens is 2. The Bertz CT molecular complexity index is 835. The van der Waals surface area contributed by atoms with E-state index in [4.69, 9.17) is 17.3 Å². The van der Waals surface area contributed by atoms with Crippen LogP contribution in [0.15, 0.2) is 30.3 Å². The van der Waals surface area contributed by atoms with E-state index in [1.807, 2.05) is 0 Å². The summed E-state index contributed by atoms with van der Waals surface area (Å²) in [6, 6.07) is 7.87. The van der Waals surface area contributed by atoms with Gasteiger partial charge in [0, 0.05) is 22.9 Å². The van der Waals surface area contributed by atoms with E-state index in [-0.39, 0.29) is 11.5 Å². The maximum Gasteiger partial charge on any atom is 0.271 e. The maximum atomic E-state index is 10.8. The summed E-state index contributed by atoms with van der Waals surface area (Å²) >= 11 is 5.82. The summed E-state index contributed by atoms with van der Waals surface area (Å²) in [6.07, 6.45) is 0. The lowest BCUT2D eigenvalue weighted by Crippen LogP contribution is -1.96. The molecule has 19 heavy (non-hydrogen) atoms. The standard InChI is InChI=1S/C12H7ClN4O2/c13-10-4-3-8-7-2-1-6(17(18)19)5-9(7)15-12(14)11(8)16-10/h1-5H,(H2,14,15). The summed E-state index contributed by atoms with van der Waals surface area (Å²) in [5.41, 5.74) is 6.74. The van der Waals surface area contributed by atoms with Gasteiger partial charge in [-0.25, -0.2) is 9.97 Å². The molecule has 0 atom stereocenters. The van der Waals surface area contributed by atoms with Gasteiger partial charge < -0.3 is 5.73 Å². The predicted octanol–water partition coefficient (Wildman–Crippen LogP) is 2.93. The molecule has 0 unspecified atom stereocenters. The third kappa shape index (κ3) is 1.82. The van der Waals surface area contributed by atoms with Crippen molar-refractivity contribution in [2.45, 2.75) is 0 Å². The largest absolute Gasteiger partial charge is 0.382 e. The highest BCUT2D eigenvalue weighted by Crippen LogP contribution is 2.29. The van der Waals surface area contributed by atoms with Crippen LogP contribution in [0.3, 0.4) is 0 Å². The third-order valence-electron chi connectivity index (χ3n) is 2.83. The molecule has 0 spiro atoms. The fraction of sp³-hybridized carbons (Fsp3) is 0. The fourth-order valence-corrected chi connectivity index (χ4v) is 2.13. The second kappa shape index (κ2) is 4.03. The molecule has 0 radical (unpaired) electrons. The molecule has 0 saturated carbocycles. The summed E-state index contributed by atoms with van der Waals surface area (Å²) in [5, 5.41) is 12.6. The van der Waals surface area contributed by atoms with Gasteiger partial charge in [0.1, 0.15) is 10.7 Å². The zero-order chi connectivity index (χ0) is 13.6. The molecule has 0 bridgehead atoms. The number of benzene rings is 1. The Morgan fingerprint density at radius 3 is 2.63 bits per heavy atom. The van der Waals surface area contributed by atoms with Crippen LogP contribution < -0.4 is 5.73 Å². The average Bonchev–Trinajstić information content (AvgIpc) is 2.38. The number of nitrogen functional groups attached to an aromatic ring is 1. The fourth-order valence-electron chi connectivity index (χ4n) is 1.98. The van der Waals surface area contributed by atoms with E-state index in [0.29, 0.717) is 16.2 Å². The Hall–Kier alpha value is -2.47. The molecule has 0 aliphatic heterocycles. The minimum absolute atomic E-state index is 0.0272. The van der Waals surface area contributed by atoms with Crippen molar-refractivity contribution < 1.29 is 4.92 Å². The number of nitro groups is 1. The first-order valence-corrected chi connectivity index (χ1v) is 5.74. The Kier molecular flexibility index (Phi) is 2.46. The van der Waals surface area contributed by atoms with Gasteiger partial charge in [0.2, 0.25) is 0 Å². The molecule has 3 rings (SSSR count). The van der Waals surface area contributed by atoms with E-state index >= 15 is 0 Å². The Balaban J connectivity index is 2.44. The van der Waals surface area contributed by atoms with Gasteiger partial charge in [-0.3, -0.25) is 10.1 Å². The molecule has 6 nitrogen and oxygen atoms in total. The topological polar surface area (TPSA) is 94.9 Å². The Morgan fingerprint density at radius 2 is 1.89 bits per heavy atom. The molecule has 3 aromatic rings. The number of fused-ring (bicyclic) bond motifs is 3. The Labute approximate surface area is 112 Å². The van der Waals surface area contributed by atoms with Gasteiger partial charge in [0.25, 0.3) is 5.69 Å². The normalized spacial score (nSPS) is 11.0. The number of non-ortho nitro benzene ring substituents is 1. The van der Waals surface area contributed by atoms with Crippen LogP contribution >= 0.6 is 11.6 Å². The van der Waals surface area contributed by atoms with Gasteiger partial charge >= 0.3 is 0 Å². The lowest BCUT2D eigenvalue weighted by Gasteiger charge is -2.05. The van der Waals surface area contributed by atoms with Crippen LogP contribution in [0.4, 0.5) is 11.5 Å². The van der Waals surface area contributed by atoms with Crippen LogP contribution in [0.25, 0.3) is 21.8 Å². The molecule has 0 saturated heterocycles. The molecule has 2 aromatic heterocycles. The number of nitrogens with two attached hydrogens (primary N) is 1. The minimum Gasteiger partial charge on any atom is -0.382 e. The monoisotopic (exact) mass is 274 g/mol. The van der Waals surface area contributed by atoms with Crippen molar-refractivity contribution in [3.05, 3.63) is 45.6 Å². The van der Waals surface area contributed by atoms with Crippen molar-refractivity contribution in [3.8, 4) is 0 Å². The number of rotatable bonds is 1. The molecular weight excluding hydrogens is 268 g/mol. The van der Waals surface area contributed by atoms with Gasteiger partial charge in [-0.15, -0.1) is 0 Å². The zero-order valence-corrected chi connectivity index (χ0v) is 10.3. The van der Waals surface area contributed by atoms with E-state index < -0.39 is 4.92 Å². The number of nitro benzene ring substituents is 1. The number of hydrogen-bond acceptors (Lipinski definition) is 5. The van der Waals surface area contributed by atoms with Crippen molar-refractivity contribution in [1.29, 1.82) is 0 Å². The van der Waals surface area contributed by atoms with Gasteiger partial charge in [-0.05, 0) is 18.2 Å². The van der Waals surface area contributed by atoms with Gasteiger partial charge in [-0.1, -0.05) is 11.6 Å². The summed E-state index contributed by atoms with van der Waals surface area (Å²) in [6.45, 7) is 0. The first-order valence-electron chi connectivity index (χ1n) is 5.36. The molecule has 0 fully saturated rings. The summed E-state index contributed by atoms with van der Waals surface area (Å²) in [7, 11) is 0. The second-order valence-electron chi connectivity index (χ2n) is 3.99. The summed E-state index contributed by atoms with van der Waals surface area (Å²) in [4.78, 5) is 18.6. The minimum atomic E-state index is -0.471. The lowest BCUT2D eigenvalue weighted by atomic mass is 10.1. The predicted molar refractivity (Wildman–Crippen MR) is 73.1 cm³/mol. The van der Waals surface area contributed by atoms with Crippen molar-refractivity contribution in [2.75, 3.05) is 5.73 Å². The zero-order valence-electron chi connectivity index (χ0n) is 9.50. The highest BCUT2D eigenvalue weighted by molar-refractivity contribution is 6.30. The van der Waals surface area contributed by atoms with E-state index in [9.17, 15) is 10.1 Å². The van der Waals surface area contributed by atoms with E-state index in [2.05, 4.69) is 9.97 Å². The molecule has 2 N–H and O–H groups in total. The summed E-state index contributed by atoms with van der Waals surface area (Å²) in [5.74, 6) is 0.200. The van der Waals surface area contributed by atoms with E-state index in [1.165, 1.54) is 12.1 Å². The average molecular weight is 275 g/mol. The number of nitrogens with zero attached hydrogens (tertiary/aromatic N) is 3. The van der Waals surface area contributed by atoms with Crippen LogP contribution in [0.2, 0.25) is 5.15 Å². The molecule has 94 valence electrons. The molecule has 0 amide bonds. The van der Waals surface area contributed by atoms with Crippen molar-refractivity contribution in [3.63, 3.8) is 0 Å². The van der Waals surface area contributed by atoms with E-state index in [0.717, 1.165) is 10.8 Å².